The standard InChI is InChI=1S/C22H19N3O4/c1-24-10-19(26)25-16(22(24)27)9-14-13-4-2-3-5-15(13)23-20(14)21(25)12-6-7-17-18(8-12)29-11-28-17/h2-8,16,21,23H,9-11H2,1H3/t16-,21-/m1/s1/i6D,7D,8D,11D2,16D,21D. The monoisotopic (exact) mass is 396 g/mol. The van der Waals surface area contributed by atoms with Gasteiger partial charge in [0.2, 0.25) is 18.6 Å². The summed E-state index contributed by atoms with van der Waals surface area (Å²) >= 11 is 0. The zero-order chi connectivity index (χ0) is 25.9. The SMILES string of the molecule is [2H]c1c([2H])c([C@]2([2H])c3[nH]c4ccccc4c3C[C@]3([2H])C(=O)N(C)CC(=O)N23)c([2H])c2c1OC([2H])([2H])O2. The summed E-state index contributed by atoms with van der Waals surface area (Å²) in [6, 6.07) is 0.259. The molecule has 2 amide bonds. The minimum atomic E-state index is -2.70. The predicted molar refractivity (Wildman–Crippen MR) is 105 cm³/mol. The highest BCUT2D eigenvalue weighted by molar-refractivity contribution is 5.97. The molecule has 1 aromatic heterocycles. The molecule has 0 spiro atoms. The number of amides is 2. The molecule has 1 N–H and O–H groups in total. The summed E-state index contributed by atoms with van der Waals surface area (Å²) < 4.78 is 70.4. The Hall–Kier alpha value is -3.48. The fourth-order valence-electron chi connectivity index (χ4n) is 4.07. The number of para-hydroxylation sites is 1. The molecule has 6 rings (SSSR count). The maximum Gasteiger partial charge on any atom is 0.245 e. The number of hydrogen-bond acceptors (Lipinski definition) is 4. The molecule has 3 aliphatic rings. The quantitative estimate of drug-likeness (QED) is 0.684. The van der Waals surface area contributed by atoms with Crippen molar-refractivity contribution < 1.29 is 28.7 Å². The van der Waals surface area contributed by atoms with Gasteiger partial charge in [-0.15, -0.1) is 0 Å². The van der Waals surface area contributed by atoms with Gasteiger partial charge in [0.25, 0.3) is 0 Å². The summed E-state index contributed by atoms with van der Waals surface area (Å²) in [5, 5.41) is 0.616. The Balaban J connectivity index is 1.74. The van der Waals surface area contributed by atoms with Crippen LogP contribution in [0, 0.1) is 0 Å². The molecule has 4 heterocycles. The average Bonchev–Trinajstić information content (AvgIpc) is 3.34. The second-order valence-electron chi connectivity index (χ2n) is 7.08. The van der Waals surface area contributed by atoms with Crippen molar-refractivity contribution in [2.45, 2.75) is 18.5 Å². The maximum atomic E-state index is 13.4. The molecule has 0 saturated carbocycles. The zero-order valence-corrected chi connectivity index (χ0v) is 15.3. The molecule has 7 nitrogen and oxygen atoms in total. The number of piperazine rings is 1. The lowest BCUT2D eigenvalue weighted by molar-refractivity contribution is -0.157. The minimum absolute atomic E-state index is 0.0838. The highest BCUT2D eigenvalue weighted by atomic mass is 16.7. The number of nitrogens with one attached hydrogen (secondary N) is 1. The van der Waals surface area contributed by atoms with E-state index in [1.165, 1.54) is 7.05 Å². The molecule has 0 unspecified atom stereocenters. The lowest BCUT2D eigenvalue weighted by Gasteiger charge is -2.46. The van der Waals surface area contributed by atoms with Gasteiger partial charge in [0.05, 0.1) is 19.4 Å². The highest BCUT2D eigenvalue weighted by Crippen LogP contribution is 2.44. The first-order valence-electron chi connectivity index (χ1n) is 12.5. The van der Waals surface area contributed by atoms with Crippen LogP contribution in [-0.2, 0) is 16.0 Å². The summed E-state index contributed by atoms with van der Waals surface area (Å²) in [4.78, 5) is 31.8. The fourth-order valence-corrected chi connectivity index (χ4v) is 4.07. The van der Waals surface area contributed by atoms with E-state index < -0.39 is 72.3 Å². The van der Waals surface area contributed by atoms with Crippen molar-refractivity contribution in [3.63, 3.8) is 0 Å². The van der Waals surface area contributed by atoms with Crippen LogP contribution in [0.15, 0.2) is 42.4 Å². The van der Waals surface area contributed by atoms with E-state index in [1.54, 1.807) is 24.3 Å². The van der Waals surface area contributed by atoms with E-state index in [4.69, 9.17) is 16.3 Å². The number of aromatic amines is 1. The Morgan fingerprint density at radius 1 is 1.24 bits per heavy atom. The van der Waals surface area contributed by atoms with Gasteiger partial charge in [-0.2, -0.15) is 0 Å². The molecule has 2 atom stereocenters. The van der Waals surface area contributed by atoms with Crippen LogP contribution in [0.1, 0.15) is 32.4 Å². The Morgan fingerprint density at radius 2 is 2.07 bits per heavy atom. The fraction of sp³-hybridized carbons (Fsp3) is 0.273. The molecular weight excluding hydrogens is 370 g/mol. The summed E-state index contributed by atoms with van der Waals surface area (Å²) in [7, 11) is 1.39. The number of H-pyrrole nitrogens is 1. The van der Waals surface area contributed by atoms with Crippen LogP contribution in [0.5, 0.6) is 11.5 Å². The second-order valence-corrected chi connectivity index (χ2v) is 7.08. The summed E-state index contributed by atoms with van der Waals surface area (Å²) in [5.74, 6) is -2.43. The minimum Gasteiger partial charge on any atom is -0.454 e. The van der Waals surface area contributed by atoms with E-state index in [2.05, 4.69) is 4.98 Å². The smallest absolute Gasteiger partial charge is 0.245 e. The molecule has 0 radical (unpaired) electrons. The molecule has 2 aromatic carbocycles. The number of hydrogen-bond donors (Lipinski definition) is 1. The third kappa shape index (κ3) is 2.24. The molecule has 0 bridgehead atoms. The topological polar surface area (TPSA) is 74.9 Å². The van der Waals surface area contributed by atoms with Crippen molar-refractivity contribution >= 4 is 22.7 Å². The number of carbonyl (C=O) groups is 2. The van der Waals surface area contributed by atoms with Gasteiger partial charge in [0, 0.05) is 30.1 Å². The van der Waals surface area contributed by atoms with Gasteiger partial charge in [0.15, 0.2) is 11.5 Å². The van der Waals surface area contributed by atoms with Crippen LogP contribution in [0.4, 0.5) is 0 Å². The number of aromatic nitrogens is 1. The third-order valence-corrected chi connectivity index (χ3v) is 5.37. The average molecular weight is 396 g/mol. The number of benzene rings is 2. The van der Waals surface area contributed by atoms with Crippen LogP contribution >= 0.6 is 0 Å². The number of carbonyl (C=O) groups excluding carboxylic acids is 2. The van der Waals surface area contributed by atoms with Crippen LogP contribution in [0.2, 0.25) is 0 Å². The largest absolute Gasteiger partial charge is 0.454 e. The van der Waals surface area contributed by atoms with Crippen molar-refractivity contribution in [2.75, 3.05) is 20.3 Å². The number of nitrogens with zero attached hydrogens (tertiary/aromatic N) is 2. The van der Waals surface area contributed by atoms with Gasteiger partial charge in [-0.25, -0.2) is 0 Å². The third-order valence-electron chi connectivity index (χ3n) is 5.37. The van der Waals surface area contributed by atoms with Crippen LogP contribution in [0.25, 0.3) is 10.9 Å². The molecule has 3 aliphatic heterocycles. The molecule has 3 aromatic rings. The normalized spacial score (nSPS) is 33.1. The molecule has 146 valence electrons. The second kappa shape index (κ2) is 5.76. The van der Waals surface area contributed by atoms with Crippen LogP contribution in [0.3, 0.4) is 0 Å². The van der Waals surface area contributed by atoms with Crippen molar-refractivity contribution in [1.82, 2.24) is 14.8 Å². The number of rotatable bonds is 1. The van der Waals surface area contributed by atoms with Crippen molar-refractivity contribution in [3.05, 3.63) is 59.2 Å². The zero-order valence-electron chi connectivity index (χ0n) is 22.3. The van der Waals surface area contributed by atoms with Crippen molar-refractivity contribution in [1.29, 1.82) is 0 Å². The van der Waals surface area contributed by atoms with Gasteiger partial charge in [0.1, 0.15) is 8.76 Å². The Morgan fingerprint density at radius 3 is 2.97 bits per heavy atom. The Bertz CT molecular complexity index is 1530. The van der Waals surface area contributed by atoms with Gasteiger partial charge in [-0.05, 0) is 29.3 Å². The van der Waals surface area contributed by atoms with Gasteiger partial charge >= 0.3 is 0 Å². The van der Waals surface area contributed by atoms with Gasteiger partial charge < -0.3 is 24.3 Å². The predicted octanol–water partition coefficient (Wildman–Crippen LogP) is 2.21. The first kappa shape index (κ1) is 10.9. The Labute approximate surface area is 176 Å². The van der Waals surface area contributed by atoms with E-state index >= 15 is 0 Å². The summed E-state index contributed by atoms with van der Waals surface area (Å²) in [6.45, 7) is -3.12. The summed E-state index contributed by atoms with van der Waals surface area (Å²) in [6.07, 6.45) is -0.233. The lowest BCUT2D eigenvalue weighted by atomic mass is 9.86. The highest BCUT2D eigenvalue weighted by Gasteiger charge is 2.47. The van der Waals surface area contributed by atoms with Gasteiger partial charge in [-0.3, -0.25) is 9.59 Å². The molecule has 0 aliphatic carbocycles. The van der Waals surface area contributed by atoms with Gasteiger partial charge in [-0.1, -0.05) is 24.2 Å². The first-order valence-corrected chi connectivity index (χ1v) is 9.02. The summed E-state index contributed by atoms with van der Waals surface area (Å²) in [5.41, 5.74) is 0.557. The molecular formula is C22H19N3O4. The van der Waals surface area contributed by atoms with E-state index in [1.807, 2.05) is 0 Å². The van der Waals surface area contributed by atoms with E-state index in [9.17, 15) is 12.3 Å². The lowest BCUT2D eigenvalue weighted by Crippen LogP contribution is -2.62. The number of ether oxygens (including phenoxy) is 2. The molecule has 7 heteroatoms. The molecule has 29 heavy (non-hydrogen) atoms. The number of fused-ring (bicyclic) bond motifs is 5. The Kier molecular flexibility index (Phi) is 2.17. The van der Waals surface area contributed by atoms with E-state index in [0.717, 1.165) is 9.80 Å². The van der Waals surface area contributed by atoms with E-state index in [0.29, 0.717) is 16.5 Å². The maximum absolute atomic E-state index is 13.4. The molecule has 1 fully saturated rings. The number of likely N-dealkylation sites (N-methyl/N-ethyl adjacent to an activating group) is 1. The van der Waals surface area contributed by atoms with Crippen LogP contribution < -0.4 is 9.47 Å². The first-order chi connectivity index (χ1) is 16.8. The van der Waals surface area contributed by atoms with Crippen molar-refractivity contribution in [2.24, 2.45) is 0 Å². The van der Waals surface area contributed by atoms with Crippen molar-refractivity contribution in [3.8, 4) is 11.5 Å². The molecule has 1 saturated heterocycles. The van der Waals surface area contributed by atoms with E-state index in [-0.39, 0.29) is 12.1 Å². The van der Waals surface area contributed by atoms with Crippen LogP contribution in [-0.4, -0.2) is 53.0 Å².